The summed E-state index contributed by atoms with van der Waals surface area (Å²) in [6, 6.07) is 5.28. The maximum Gasteiger partial charge on any atom is 0.246 e. The molecule has 1 saturated heterocycles. The Kier molecular flexibility index (Phi) is 7.38. The lowest BCUT2D eigenvalue weighted by molar-refractivity contribution is -0.122. The minimum absolute atomic E-state index is 0.0809. The highest BCUT2D eigenvalue weighted by molar-refractivity contribution is 7.89. The van der Waals surface area contributed by atoms with E-state index in [4.69, 9.17) is 4.52 Å². The maximum absolute atomic E-state index is 12.7. The van der Waals surface area contributed by atoms with Crippen molar-refractivity contribution in [2.24, 2.45) is 0 Å². The van der Waals surface area contributed by atoms with Crippen molar-refractivity contribution in [2.45, 2.75) is 62.4 Å². The number of aryl methyl sites for hydroxylation is 2. The number of hydrogen-bond acceptors (Lipinski definition) is 7. The van der Waals surface area contributed by atoms with E-state index in [1.165, 1.54) is 37.2 Å². The van der Waals surface area contributed by atoms with Crippen LogP contribution in [0.2, 0.25) is 0 Å². The molecule has 2 aromatic rings. The van der Waals surface area contributed by atoms with Crippen molar-refractivity contribution in [1.29, 1.82) is 0 Å². The number of carbonyl (C=O) groups is 1. The fourth-order valence-corrected chi connectivity index (χ4v) is 6.63. The largest absolute Gasteiger partial charge is 0.360 e. The molecule has 32 heavy (non-hydrogen) atoms. The predicted molar refractivity (Wildman–Crippen MR) is 117 cm³/mol. The quantitative estimate of drug-likeness (QED) is 0.578. The number of piperidine rings is 1. The Labute approximate surface area is 188 Å². The first-order valence-corrected chi connectivity index (χ1v) is 13.3. The van der Waals surface area contributed by atoms with Crippen molar-refractivity contribution in [1.82, 2.24) is 19.5 Å². The van der Waals surface area contributed by atoms with Gasteiger partial charge >= 0.3 is 0 Å². The molecule has 0 aliphatic carbocycles. The Bertz CT molecular complexity index is 1150. The topological polar surface area (TPSA) is 139 Å². The van der Waals surface area contributed by atoms with E-state index in [-0.39, 0.29) is 27.8 Å². The number of hydrogen-bond donors (Lipinski definition) is 2. The van der Waals surface area contributed by atoms with Gasteiger partial charge in [-0.15, -0.1) is 0 Å². The molecule has 1 atom stereocenters. The van der Waals surface area contributed by atoms with E-state index in [0.29, 0.717) is 18.7 Å². The summed E-state index contributed by atoms with van der Waals surface area (Å²) in [5.74, 6) is -0.382. The molecule has 0 unspecified atom stereocenters. The van der Waals surface area contributed by atoms with Gasteiger partial charge < -0.3 is 9.84 Å². The van der Waals surface area contributed by atoms with Crippen molar-refractivity contribution in [3.05, 3.63) is 41.3 Å². The van der Waals surface area contributed by atoms with Gasteiger partial charge in [0.25, 0.3) is 0 Å². The first kappa shape index (κ1) is 24.4. The number of carbonyl (C=O) groups excluding carboxylic acids is 1. The van der Waals surface area contributed by atoms with Crippen LogP contribution in [-0.4, -0.2) is 51.3 Å². The van der Waals surface area contributed by atoms with Crippen LogP contribution in [0.1, 0.15) is 43.2 Å². The van der Waals surface area contributed by atoms with Crippen molar-refractivity contribution < 1.29 is 26.2 Å². The third kappa shape index (κ3) is 5.37. The molecule has 1 aromatic heterocycles. The van der Waals surface area contributed by atoms with Crippen LogP contribution in [-0.2, 0) is 31.4 Å². The molecule has 0 spiro atoms. The first-order valence-electron chi connectivity index (χ1n) is 10.3. The van der Waals surface area contributed by atoms with Gasteiger partial charge in [0.15, 0.2) is 5.76 Å². The smallest absolute Gasteiger partial charge is 0.246 e. The number of rotatable bonds is 8. The summed E-state index contributed by atoms with van der Waals surface area (Å²) >= 11 is 0. The van der Waals surface area contributed by atoms with Gasteiger partial charge in [0, 0.05) is 19.6 Å². The van der Waals surface area contributed by atoms with Gasteiger partial charge in [-0.05, 0) is 51.3 Å². The molecule has 0 bridgehead atoms. The molecule has 176 valence electrons. The second kappa shape index (κ2) is 9.69. The Morgan fingerprint density at radius 3 is 2.28 bits per heavy atom. The highest BCUT2D eigenvalue weighted by Crippen LogP contribution is 2.21. The van der Waals surface area contributed by atoms with Crippen LogP contribution in [0.3, 0.4) is 0 Å². The summed E-state index contributed by atoms with van der Waals surface area (Å²) in [6.07, 6.45) is 2.76. The Hall–Kier alpha value is -2.28. The first-order chi connectivity index (χ1) is 15.0. The van der Waals surface area contributed by atoms with Crippen molar-refractivity contribution in [3.8, 4) is 0 Å². The molecule has 2 N–H and O–H groups in total. The minimum Gasteiger partial charge on any atom is -0.360 e. The predicted octanol–water partition coefficient (Wildman–Crippen LogP) is 1.45. The van der Waals surface area contributed by atoms with Crippen LogP contribution in [0.5, 0.6) is 0 Å². The van der Waals surface area contributed by atoms with Gasteiger partial charge in [0.2, 0.25) is 26.0 Å². The van der Waals surface area contributed by atoms with Crippen LogP contribution in [0.4, 0.5) is 0 Å². The molecule has 12 heteroatoms. The molecule has 1 fully saturated rings. The Morgan fingerprint density at radius 2 is 1.72 bits per heavy atom. The third-order valence-electron chi connectivity index (χ3n) is 5.30. The number of sulfonamides is 2. The van der Waals surface area contributed by atoms with Crippen molar-refractivity contribution in [3.63, 3.8) is 0 Å². The summed E-state index contributed by atoms with van der Waals surface area (Å²) < 4.78 is 59.2. The van der Waals surface area contributed by atoms with Gasteiger partial charge in [0.1, 0.15) is 10.6 Å². The summed E-state index contributed by atoms with van der Waals surface area (Å²) in [5.41, 5.74) is 0.902. The molecule has 3 rings (SSSR count). The van der Waals surface area contributed by atoms with Gasteiger partial charge in [-0.3, -0.25) is 4.79 Å². The number of aromatic nitrogens is 1. The summed E-state index contributed by atoms with van der Waals surface area (Å²) in [4.78, 5) is 12.5. The van der Waals surface area contributed by atoms with Crippen molar-refractivity contribution >= 4 is 26.0 Å². The lowest BCUT2D eigenvalue weighted by Gasteiger charge is -2.25. The molecule has 0 saturated carbocycles. The van der Waals surface area contributed by atoms with E-state index < -0.39 is 32.0 Å². The van der Waals surface area contributed by atoms with Crippen LogP contribution < -0.4 is 10.0 Å². The SMILES string of the molecule is Cc1noc(C)c1S(=O)(=O)N[C@@H](C)C(=O)NCc1ccc(S(=O)(=O)N2CCCCC2)cc1. The Morgan fingerprint density at radius 1 is 1.09 bits per heavy atom. The standard InChI is InChI=1S/C20H28N4O6S2/c1-14-19(16(3)30-22-14)31(26,27)23-15(2)20(25)21-13-17-7-9-18(10-8-17)32(28,29)24-11-5-4-6-12-24/h7-10,15,23H,4-6,11-13H2,1-3H3,(H,21,25)/t15-/m0/s1. The summed E-state index contributed by atoms with van der Waals surface area (Å²) in [7, 11) is -7.49. The van der Waals surface area contributed by atoms with E-state index >= 15 is 0 Å². The van der Waals surface area contributed by atoms with Gasteiger partial charge in [-0.25, -0.2) is 16.8 Å². The second-order valence-electron chi connectivity index (χ2n) is 7.82. The fourth-order valence-electron chi connectivity index (χ4n) is 3.58. The molecule has 10 nitrogen and oxygen atoms in total. The molecular weight excluding hydrogens is 456 g/mol. The fraction of sp³-hybridized carbons (Fsp3) is 0.500. The monoisotopic (exact) mass is 484 g/mol. The number of benzene rings is 1. The third-order valence-corrected chi connectivity index (χ3v) is 9.00. The Balaban J connectivity index is 1.58. The summed E-state index contributed by atoms with van der Waals surface area (Å²) in [6.45, 7) is 5.60. The van der Waals surface area contributed by atoms with Crippen LogP contribution in [0, 0.1) is 13.8 Å². The number of nitrogens with one attached hydrogen (secondary N) is 2. The molecular formula is C20H28N4O6S2. The van der Waals surface area contributed by atoms with E-state index in [1.807, 2.05) is 0 Å². The molecule has 1 amide bonds. The van der Waals surface area contributed by atoms with Crippen molar-refractivity contribution in [2.75, 3.05) is 13.1 Å². The lowest BCUT2D eigenvalue weighted by Crippen LogP contribution is -2.44. The second-order valence-corrected chi connectivity index (χ2v) is 11.4. The summed E-state index contributed by atoms with van der Waals surface area (Å²) in [5, 5.41) is 6.28. The zero-order valence-electron chi connectivity index (χ0n) is 18.3. The zero-order chi connectivity index (χ0) is 23.5. The highest BCUT2D eigenvalue weighted by atomic mass is 32.2. The average Bonchev–Trinajstić information content (AvgIpc) is 3.11. The number of amides is 1. The highest BCUT2D eigenvalue weighted by Gasteiger charge is 2.28. The van der Waals surface area contributed by atoms with Gasteiger partial charge in [0.05, 0.1) is 10.9 Å². The molecule has 1 aromatic carbocycles. The van der Waals surface area contributed by atoms with Gasteiger partial charge in [-0.1, -0.05) is 23.7 Å². The minimum atomic E-state index is -3.98. The normalized spacial score (nSPS) is 16.6. The molecule has 0 radical (unpaired) electrons. The van der Waals surface area contributed by atoms with Crippen LogP contribution in [0.15, 0.2) is 38.6 Å². The van der Waals surface area contributed by atoms with E-state index in [0.717, 1.165) is 19.3 Å². The van der Waals surface area contributed by atoms with E-state index in [2.05, 4.69) is 15.2 Å². The lowest BCUT2D eigenvalue weighted by atomic mass is 10.2. The molecule has 2 heterocycles. The zero-order valence-corrected chi connectivity index (χ0v) is 19.9. The van der Waals surface area contributed by atoms with E-state index in [1.54, 1.807) is 12.1 Å². The molecule has 1 aliphatic heterocycles. The van der Waals surface area contributed by atoms with Crippen LogP contribution in [0.25, 0.3) is 0 Å². The van der Waals surface area contributed by atoms with Crippen LogP contribution >= 0.6 is 0 Å². The number of nitrogens with zero attached hydrogens (tertiary/aromatic N) is 2. The average molecular weight is 485 g/mol. The molecule has 1 aliphatic rings. The van der Waals surface area contributed by atoms with Gasteiger partial charge in [-0.2, -0.15) is 9.03 Å². The maximum atomic E-state index is 12.7. The van der Waals surface area contributed by atoms with E-state index in [9.17, 15) is 21.6 Å².